The summed E-state index contributed by atoms with van der Waals surface area (Å²) in [6.07, 6.45) is -3.76. The second kappa shape index (κ2) is 7.43. The van der Waals surface area contributed by atoms with Gasteiger partial charge in [0, 0.05) is 18.3 Å². The Morgan fingerprint density at radius 1 is 1.19 bits per heavy atom. The minimum Gasteiger partial charge on any atom is -0.410 e. The molecule has 9 heteroatoms. The van der Waals surface area contributed by atoms with Crippen LogP contribution in [0.25, 0.3) is 11.3 Å². The van der Waals surface area contributed by atoms with Gasteiger partial charge in [0.05, 0.1) is 21.9 Å². The first kappa shape index (κ1) is 19.0. The number of carbonyl (C=O) groups excluding carboxylic acids is 1. The van der Waals surface area contributed by atoms with E-state index in [1.165, 1.54) is 12.1 Å². The fraction of sp³-hybridized carbons (Fsp3) is 0.111. The van der Waals surface area contributed by atoms with Crippen LogP contribution in [-0.4, -0.2) is 15.9 Å². The summed E-state index contributed by atoms with van der Waals surface area (Å²) < 4.78 is 45.6. The first-order valence-corrected chi connectivity index (χ1v) is 8.47. The summed E-state index contributed by atoms with van der Waals surface area (Å²) in [5, 5.41) is 6.64. The van der Waals surface area contributed by atoms with E-state index in [0.29, 0.717) is 5.69 Å². The molecule has 1 aromatic heterocycles. The molecule has 0 saturated carbocycles. The van der Waals surface area contributed by atoms with Crippen LogP contribution in [0.5, 0.6) is 5.75 Å². The highest BCUT2D eigenvalue weighted by Gasteiger charge is 2.30. The lowest BCUT2D eigenvalue weighted by molar-refractivity contribution is -0.137. The first-order valence-electron chi connectivity index (χ1n) is 7.68. The number of carbonyl (C=O) groups is 1. The van der Waals surface area contributed by atoms with Gasteiger partial charge in [-0.25, -0.2) is 4.79 Å². The van der Waals surface area contributed by atoms with Crippen molar-refractivity contribution in [3.63, 3.8) is 0 Å². The Morgan fingerprint density at radius 2 is 1.93 bits per heavy atom. The van der Waals surface area contributed by atoms with Crippen molar-refractivity contribution in [2.75, 3.05) is 5.32 Å². The Kier molecular flexibility index (Phi) is 5.22. The molecule has 5 nitrogen and oxygen atoms in total. The van der Waals surface area contributed by atoms with Crippen molar-refractivity contribution in [2.45, 2.75) is 6.18 Å². The molecule has 0 aliphatic carbocycles. The zero-order valence-corrected chi connectivity index (χ0v) is 15.5. The summed E-state index contributed by atoms with van der Waals surface area (Å²) in [6.45, 7) is 0. The van der Waals surface area contributed by atoms with E-state index >= 15 is 0 Å². The van der Waals surface area contributed by atoms with Crippen LogP contribution in [0.4, 0.5) is 23.7 Å². The SMILES string of the molecule is Cn1ncc(Br)c1-c1cccc(NC(=O)Oc2cccc(C(F)(F)F)c2)c1. The van der Waals surface area contributed by atoms with Gasteiger partial charge >= 0.3 is 12.3 Å². The summed E-state index contributed by atoms with van der Waals surface area (Å²) in [7, 11) is 1.78. The van der Waals surface area contributed by atoms with E-state index in [0.717, 1.165) is 27.9 Å². The quantitative estimate of drug-likeness (QED) is 0.587. The van der Waals surface area contributed by atoms with Gasteiger partial charge in [-0.3, -0.25) is 10.00 Å². The zero-order valence-electron chi connectivity index (χ0n) is 13.9. The number of halogens is 4. The maximum atomic E-state index is 12.7. The molecule has 0 radical (unpaired) electrons. The number of benzene rings is 2. The fourth-order valence-corrected chi connectivity index (χ4v) is 3.04. The van der Waals surface area contributed by atoms with Gasteiger partial charge in [-0.1, -0.05) is 18.2 Å². The molecule has 27 heavy (non-hydrogen) atoms. The number of nitrogens with zero attached hydrogens (tertiary/aromatic N) is 2. The van der Waals surface area contributed by atoms with Crippen LogP contribution in [-0.2, 0) is 13.2 Å². The predicted octanol–water partition coefficient (Wildman–Crippen LogP) is 5.48. The largest absolute Gasteiger partial charge is 0.417 e. The summed E-state index contributed by atoms with van der Waals surface area (Å²) >= 11 is 3.41. The third kappa shape index (κ3) is 4.48. The Hall–Kier alpha value is -2.81. The van der Waals surface area contributed by atoms with Crippen molar-refractivity contribution >= 4 is 27.7 Å². The molecule has 0 aliphatic heterocycles. The molecule has 0 saturated heterocycles. The Morgan fingerprint density at radius 3 is 2.59 bits per heavy atom. The molecule has 140 valence electrons. The molecule has 1 N–H and O–H groups in total. The van der Waals surface area contributed by atoms with E-state index in [9.17, 15) is 18.0 Å². The van der Waals surface area contributed by atoms with Gasteiger partial charge in [-0.05, 0) is 46.3 Å². The molecule has 0 bridgehead atoms. The predicted molar refractivity (Wildman–Crippen MR) is 97.4 cm³/mol. The van der Waals surface area contributed by atoms with E-state index in [2.05, 4.69) is 26.3 Å². The molecule has 1 amide bonds. The van der Waals surface area contributed by atoms with Crippen LogP contribution in [0.3, 0.4) is 0 Å². The molecule has 0 atom stereocenters. The van der Waals surface area contributed by atoms with Gasteiger partial charge in [0.15, 0.2) is 0 Å². The van der Waals surface area contributed by atoms with Crippen molar-refractivity contribution in [3.05, 3.63) is 64.8 Å². The fourth-order valence-electron chi connectivity index (χ4n) is 2.47. The highest BCUT2D eigenvalue weighted by Crippen LogP contribution is 2.32. The molecule has 3 aromatic rings. The molecule has 0 unspecified atom stereocenters. The van der Waals surface area contributed by atoms with Crippen molar-refractivity contribution in [1.29, 1.82) is 0 Å². The van der Waals surface area contributed by atoms with Crippen LogP contribution in [0.1, 0.15) is 5.56 Å². The topological polar surface area (TPSA) is 56.2 Å². The lowest BCUT2D eigenvalue weighted by Crippen LogP contribution is -2.17. The maximum absolute atomic E-state index is 12.7. The van der Waals surface area contributed by atoms with Crippen molar-refractivity contribution in [2.24, 2.45) is 7.05 Å². The van der Waals surface area contributed by atoms with E-state index in [-0.39, 0.29) is 5.75 Å². The Balaban J connectivity index is 1.75. The smallest absolute Gasteiger partial charge is 0.410 e. The number of hydrogen-bond donors (Lipinski definition) is 1. The Labute approximate surface area is 160 Å². The van der Waals surface area contributed by atoms with Crippen LogP contribution in [0, 0.1) is 0 Å². The standard InChI is InChI=1S/C18H13BrF3N3O2/c1-25-16(15(19)10-23-25)11-4-2-6-13(8-11)24-17(26)27-14-7-3-5-12(9-14)18(20,21)22/h2-10H,1H3,(H,24,26). The third-order valence-corrected chi connectivity index (χ3v) is 4.23. The Bertz CT molecular complexity index is 966. The van der Waals surface area contributed by atoms with Gasteiger partial charge in [0.25, 0.3) is 0 Å². The molecular weight excluding hydrogens is 427 g/mol. The van der Waals surface area contributed by atoms with Gasteiger partial charge < -0.3 is 4.74 Å². The van der Waals surface area contributed by atoms with Crippen molar-refractivity contribution < 1.29 is 22.7 Å². The highest BCUT2D eigenvalue weighted by atomic mass is 79.9. The monoisotopic (exact) mass is 439 g/mol. The minimum absolute atomic E-state index is 0.201. The number of aryl methyl sites for hydroxylation is 1. The average Bonchev–Trinajstić information content (AvgIpc) is 2.93. The first-order chi connectivity index (χ1) is 12.7. The van der Waals surface area contributed by atoms with Crippen LogP contribution >= 0.6 is 15.9 Å². The van der Waals surface area contributed by atoms with Gasteiger partial charge in [-0.15, -0.1) is 0 Å². The number of amides is 1. The summed E-state index contributed by atoms with van der Waals surface area (Å²) in [5.41, 5.74) is 1.14. The molecule has 0 fully saturated rings. The van der Waals surface area contributed by atoms with E-state index in [1.54, 1.807) is 36.1 Å². The van der Waals surface area contributed by atoms with E-state index in [4.69, 9.17) is 4.74 Å². The summed E-state index contributed by atoms with van der Waals surface area (Å²) in [6, 6.07) is 11.0. The number of rotatable bonds is 3. The number of ether oxygens (including phenoxy) is 1. The van der Waals surface area contributed by atoms with E-state index in [1.807, 2.05) is 6.07 Å². The van der Waals surface area contributed by atoms with Crippen LogP contribution < -0.4 is 10.1 Å². The second-order valence-electron chi connectivity index (χ2n) is 5.59. The van der Waals surface area contributed by atoms with E-state index < -0.39 is 17.8 Å². The molecule has 0 spiro atoms. The highest BCUT2D eigenvalue weighted by molar-refractivity contribution is 9.10. The number of aromatic nitrogens is 2. The zero-order chi connectivity index (χ0) is 19.6. The normalized spacial score (nSPS) is 11.3. The second-order valence-corrected chi connectivity index (χ2v) is 6.44. The lowest BCUT2D eigenvalue weighted by atomic mass is 10.1. The van der Waals surface area contributed by atoms with Gasteiger partial charge in [0.1, 0.15) is 5.75 Å². The number of nitrogens with one attached hydrogen (secondary N) is 1. The molecule has 0 aliphatic rings. The molecular formula is C18H13BrF3N3O2. The molecule has 3 rings (SSSR count). The van der Waals surface area contributed by atoms with Crippen LogP contribution in [0.2, 0.25) is 0 Å². The summed E-state index contributed by atoms with van der Waals surface area (Å²) in [4.78, 5) is 12.0. The summed E-state index contributed by atoms with van der Waals surface area (Å²) in [5.74, 6) is -0.201. The number of anilines is 1. The maximum Gasteiger partial charge on any atom is 0.417 e. The lowest BCUT2D eigenvalue weighted by Gasteiger charge is -2.11. The van der Waals surface area contributed by atoms with Crippen molar-refractivity contribution in [1.82, 2.24) is 9.78 Å². The molecule has 1 heterocycles. The third-order valence-electron chi connectivity index (χ3n) is 3.65. The molecule has 2 aromatic carbocycles. The minimum atomic E-state index is -4.51. The number of alkyl halides is 3. The van der Waals surface area contributed by atoms with Crippen molar-refractivity contribution in [3.8, 4) is 17.0 Å². The van der Waals surface area contributed by atoms with Gasteiger partial charge in [-0.2, -0.15) is 18.3 Å². The number of hydrogen-bond acceptors (Lipinski definition) is 3. The average molecular weight is 440 g/mol. The van der Waals surface area contributed by atoms with Crippen LogP contribution in [0.15, 0.2) is 59.2 Å². The van der Waals surface area contributed by atoms with Gasteiger partial charge in [0.2, 0.25) is 0 Å².